The van der Waals surface area contributed by atoms with Crippen molar-refractivity contribution in [1.82, 2.24) is 4.90 Å². The molecule has 2 aliphatic rings. The molecule has 0 spiro atoms. The van der Waals surface area contributed by atoms with Crippen molar-refractivity contribution >= 4 is 17.3 Å². The lowest BCUT2D eigenvalue weighted by Gasteiger charge is -2.32. The van der Waals surface area contributed by atoms with Crippen LogP contribution in [0.25, 0.3) is 0 Å². The number of morpholine rings is 1. The lowest BCUT2D eigenvalue weighted by molar-refractivity contribution is 0.0209. The van der Waals surface area contributed by atoms with Gasteiger partial charge >= 0.3 is 0 Å². The van der Waals surface area contributed by atoms with Crippen molar-refractivity contribution in [2.75, 3.05) is 50.8 Å². The molecule has 1 unspecified atom stereocenters. The predicted octanol–water partition coefficient (Wildman–Crippen LogP) is 1.75. The van der Waals surface area contributed by atoms with E-state index in [-0.39, 0.29) is 0 Å². The molecular formula is C16H24ClN3O. The molecule has 116 valence electrons. The first-order valence-corrected chi connectivity index (χ1v) is 8.21. The Morgan fingerprint density at radius 3 is 2.81 bits per heavy atom. The predicted molar refractivity (Wildman–Crippen MR) is 87.2 cm³/mol. The summed E-state index contributed by atoms with van der Waals surface area (Å²) in [5.74, 6) is 0. The number of ether oxygens (including phenoxy) is 1. The van der Waals surface area contributed by atoms with Crippen LogP contribution in [0.1, 0.15) is 12.0 Å². The summed E-state index contributed by atoms with van der Waals surface area (Å²) in [7, 11) is 0. The average Bonchev–Trinajstić information content (AvgIpc) is 3.00. The highest BCUT2D eigenvalue weighted by atomic mass is 35.5. The van der Waals surface area contributed by atoms with Crippen LogP contribution in [-0.2, 0) is 11.2 Å². The van der Waals surface area contributed by atoms with Gasteiger partial charge in [-0.1, -0.05) is 17.7 Å². The smallest absolute Gasteiger partial charge is 0.0594 e. The molecule has 1 aromatic carbocycles. The molecule has 2 heterocycles. The van der Waals surface area contributed by atoms with Crippen molar-refractivity contribution in [2.45, 2.75) is 18.9 Å². The van der Waals surface area contributed by atoms with Gasteiger partial charge in [0.2, 0.25) is 0 Å². The Bertz CT molecular complexity index is 477. The Balaban J connectivity index is 1.72. The van der Waals surface area contributed by atoms with Crippen molar-refractivity contribution in [1.29, 1.82) is 0 Å². The van der Waals surface area contributed by atoms with Gasteiger partial charge in [0, 0.05) is 42.9 Å². The monoisotopic (exact) mass is 309 g/mol. The van der Waals surface area contributed by atoms with Crippen molar-refractivity contribution in [3.05, 3.63) is 28.8 Å². The van der Waals surface area contributed by atoms with Crippen molar-refractivity contribution in [3.8, 4) is 0 Å². The second-order valence-electron chi connectivity index (χ2n) is 5.81. The average molecular weight is 310 g/mol. The zero-order valence-corrected chi connectivity index (χ0v) is 13.2. The Morgan fingerprint density at radius 2 is 2.05 bits per heavy atom. The first-order valence-electron chi connectivity index (χ1n) is 7.84. The molecule has 5 heteroatoms. The van der Waals surface area contributed by atoms with Gasteiger partial charge in [-0.3, -0.25) is 4.90 Å². The van der Waals surface area contributed by atoms with Crippen LogP contribution in [0.2, 0.25) is 5.02 Å². The Labute approximate surface area is 131 Å². The van der Waals surface area contributed by atoms with Crippen LogP contribution in [0.15, 0.2) is 18.2 Å². The summed E-state index contributed by atoms with van der Waals surface area (Å²) >= 11 is 6.36. The standard InChI is InChI=1S/C16H24ClN3O/c17-15-2-1-3-16(14(15)4-6-18)20-7-5-13(12-20)19-8-10-21-11-9-19/h1-3,13H,4-12,18H2. The summed E-state index contributed by atoms with van der Waals surface area (Å²) in [4.78, 5) is 5.04. The van der Waals surface area contributed by atoms with Crippen LogP contribution in [0, 0.1) is 0 Å². The number of hydrogen-bond donors (Lipinski definition) is 1. The van der Waals surface area contributed by atoms with Crippen molar-refractivity contribution < 1.29 is 4.74 Å². The van der Waals surface area contributed by atoms with Crippen LogP contribution in [0.5, 0.6) is 0 Å². The molecule has 2 saturated heterocycles. The minimum Gasteiger partial charge on any atom is -0.379 e. The third-order valence-electron chi connectivity index (χ3n) is 4.55. The van der Waals surface area contributed by atoms with E-state index in [0.29, 0.717) is 12.6 Å². The van der Waals surface area contributed by atoms with Gasteiger partial charge in [0.05, 0.1) is 13.2 Å². The lowest BCUT2D eigenvalue weighted by Crippen LogP contribution is -2.44. The fourth-order valence-electron chi connectivity index (χ4n) is 3.44. The van der Waals surface area contributed by atoms with Gasteiger partial charge < -0.3 is 15.4 Å². The van der Waals surface area contributed by atoms with Crippen LogP contribution in [0.3, 0.4) is 0 Å². The summed E-state index contributed by atoms with van der Waals surface area (Å²) in [6.07, 6.45) is 2.06. The second kappa shape index (κ2) is 6.97. The molecule has 0 aliphatic carbocycles. The van der Waals surface area contributed by atoms with E-state index in [4.69, 9.17) is 22.1 Å². The topological polar surface area (TPSA) is 41.7 Å². The summed E-state index contributed by atoms with van der Waals surface area (Å²) in [5, 5.41) is 0.841. The van der Waals surface area contributed by atoms with Crippen LogP contribution in [-0.4, -0.2) is 56.9 Å². The molecule has 2 fully saturated rings. The van der Waals surface area contributed by atoms with Gasteiger partial charge in [0.25, 0.3) is 0 Å². The summed E-state index contributed by atoms with van der Waals surface area (Å²) in [6.45, 7) is 6.67. The van der Waals surface area contributed by atoms with Gasteiger partial charge in [-0.05, 0) is 37.1 Å². The molecular weight excluding hydrogens is 286 g/mol. The summed E-state index contributed by atoms with van der Waals surface area (Å²) < 4.78 is 5.45. The van der Waals surface area contributed by atoms with Gasteiger partial charge in [0.15, 0.2) is 0 Å². The molecule has 0 bridgehead atoms. The molecule has 0 aromatic heterocycles. The normalized spacial score (nSPS) is 23.7. The Morgan fingerprint density at radius 1 is 1.24 bits per heavy atom. The van der Waals surface area contributed by atoms with E-state index in [9.17, 15) is 0 Å². The third-order valence-corrected chi connectivity index (χ3v) is 4.91. The molecule has 21 heavy (non-hydrogen) atoms. The highest BCUT2D eigenvalue weighted by Gasteiger charge is 2.29. The zero-order chi connectivity index (χ0) is 14.7. The molecule has 1 atom stereocenters. The van der Waals surface area contributed by atoms with Gasteiger partial charge in [0.1, 0.15) is 0 Å². The van der Waals surface area contributed by atoms with Crippen molar-refractivity contribution in [3.63, 3.8) is 0 Å². The van der Waals surface area contributed by atoms with Crippen LogP contribution >= 0.6 is 11.6 Å². The van der Waals surface area contributed by atoms with E-state index in [1.54, 1.807) is 0 Å². The number of anilines is 1. The van der Waals surface area contributed by atoms with Crippen LogP contribution in [0.4, 0.5) is 5.69 Å². The number of halogens is 1. The molecule has 2 N–H and O–H groups in total. The van der Waals surface area contributed by atoms with E-state index in [0.717, 1.165) is 50.8 Å². The molecule has 0 radical (unpaired) electrons. The van der Waals surface area contributed by atoms with Crippen LogP contribution < -0.4 is 10.6 Å². The first-order chi connectivity index (χ1) is 10.3. The molecule has 3 rings (SSSR count). The minimum atomic E-state index is 0.636. The molecule has 4 nitrogen and oxygen atoms in total. The Kier molecular flexibility index (Phi) is 5.01. The highest BCUT2D eigenvalue weighted by Crippen LogP contribution is 2.31. The number of rotatable bonds is 4. The minimum absolute atomic E-state index is 0.636. The van der Waals surface area contributed by atoms with Crippen molar-refractivity contribution in [2.24, 2.45) is 5.73 Å². The number of benzene rings is 1. The fourth-order valence-corrected chi connectivity index (χ4v) is 3.70. The largest absolute Gasteiger partial charge is 0.379 e. The van der Waals surface area contributed by atoms with E-state index in [1.165, 1.54) is 17.7 Å². The van der Waals surface area contributed by atoms with E-state index < -0.39 is 0 Å². The maximum atomic E-state index is 6.36. The second-order valence-corrected chi connectivity index (χ2v) is 6.22. The maximum absolute atomic E-state index is 6.36. The van der Waals surface area contributed by atoms with E-state index in [1.807, 2.05) is 12.1 Å². The molecule has 2 aliphatic heterocycles. The Hall–Kier alpha value is -0.810. The molecule has 1 aromatic rings. The quantitative estimate of drug-likeness (QED) is 0.920. The molecule has 0 saturated carbocycles. The third kappa shape index (κ3) is 3.34. The SMILES string of the molecule is NCCc1c(Cl)cccc1N1CCC(N2CCOCC2)C1. The lowest BCUT2D eigenvalue weighted by atomic mass is 10.1. The zero-order valence-electron chi connectivity index (χ0n) is 12.4. The van der Waals surface area contributed by atoms with Gasteiger partial charge in [-0.25, -0.2) is 0 Å². The number of nitrogens with zero attached hydrogens (tertiary/aromatic N) is 2. The maximum Gasteiger partial charge on any atom is 0.0594 e. The number of nitrogens with two attached hydrogens (primary N) is 1. The molecule has 0 amide bonds. The summed E-state index contributed by atoms with van der Waals surface area (Å²) in [6, 6.07) is 6.82. The van der Waals surface area contributed by atoms with Gasteiger partial charge in [-0.2, -0.15) is 0 Å². The fraction of sp³-hybridized carbons (Fsp3) is 0.625. The number of hydrogen-bond acceptors (Lipinski definition) is 4. The summed E-state index contributed by atoms with van der Waals surface area (Å²) in [5.41, 5.74) is 8.21. The van der Waals surface area contributed by atoms with E-state index in [2.05, 4.69) is 15.9 Å². The first kappa shape index (κ1) is 15.1. The van der Waals surface area contributed by atoms with Gasteiger partial charge in [-0.15, -0.1) is 0 Å². The van der Waals surface area contributed by atoms with E-state index >= 15 is 0 Å². The highest BCUT2D eigenvalue weighted by molar-refractivity contribution is 6.31.